The van der Waals surface area contributed by atoms with Crippen LogP contribution in [0.1, 0.15) is 30.2 Å². The molecule has 1 atom stereocenters. The number of carbonyl (C=O) groups is 1. The Hall–Kier alpha value is -5.74. The van der Waals surface area contributed by atoms with Crippen LogP contribution in [0.2, 0.25) is 5.02 Å². The van der Waals surface area contributed by atoms with Crippen LogP contribution in [0.4, 0.5) is 23.2 Å². The Bertz CT molecular complexity index is 2400. The highest BCUT2D eigenvalue weighted by Crippen LogP contribution is 2.49. The number of benzene rings is 3. The number of hydrogen-bond acceptors (Lipinski definition) is 12. The van der Waals surface area contributed by atoms with Gasteiger partial charge in [-0.1, -0.05) is 29.8 Å². The van der Waals surface area contributed by atoms with E-state index in [0.717, 1.165) is 21.6 Å². The molecule has 8 rings (SSSR count). The highest BCUT2D eigenvalue weighted by molar-refractivity contribution is 7.22. The maximum atomic E-state index is 14.1. The predicted molar refractivity (Wildman–Crippen MR) is 206 cm³/mol. The van der Waals surface area contributed by atoms with Crippen molar-refractivity contribution in [2.75, 3.05) is 31.7 Å². The van der Waals surface area contributed by atoms with Gasteiger partial charge in [0.25, 0.3) is 0 Å². The zero-order valence-electron chi connectivity index (χ0n) is 30.5. The number of rotatable bonds is 9. The Morgan fingerprint density at radius 2 is 1.88 bits per heavy atom. The van der Waals surface area contributed by atoms with Gasteiger partial charge in [-0.2, -0.15) is 18.2 Å². The van der Waals surface area contributed by atoms with Gasteiger partial charge in [0.2, 0.25) is 12.0 Å². The lowest BCUT2D eigenvalue weighted by molar-refractivity contribution is -0.151. The standard InChI is InChI=1S/C40H34ClF4N5O6S/c1-3-52-38(51)31-19-24-18-27(8-11-30(24)55-20-26-12-14-47-39(50-26)54-16-13-40(43,44)45)53-17-15-46-29-10-9-28(22(2)34(29)41)32-33-36(56-31)48-21-49-37(33)57-35(32)23-4-6-25(42)7-5-23/h4-12,14,18,21,31,46H,3,13,15-17,19-20H2,1-2H3/t31-/m1/s1. The molecule has 0 amide bonds. The Kier molecular flexibility index (Phi) is 11.9. The first-order chi connectivity index (χ1) is 27.5. The number of ether oxygens (including phenoxy) is 5. The second-order valence-corrected chi connectivity index (χ2v) is 14.1. The summed E-state index contributed by atoms with van der Waals surface area (Å²) in [7, 11) is 0. The van der Waals surface area contributed by atoms with Gasteiger partial charge in [-0.3, -0.25) is 0 Å². The molecule has 57 heavy (non-hydrogen) atoms. The Labute approximate surface area is 332 Å². The molecule has 0 unspecified atom stereocenters. The lowest BCUT2D eigenvalue weighted by Crippen LogP contribution is -2.32. The minimum atomic E-state index is -4.39. The molecule has 5 heterocycles. The van der Waals surface area contributed by atoms with E-state index in [0.29, 0.717) is 55.8 Å². The van der Waals surface area contributed by atoms with E-state index in [-0.39, 0.29) is 43.9 Å². The summed E-state index contributed by atoms with van der Waals surface area (Å²) in [5.74, 6) is -0.133. The van der Waals surface area contributed by atoms with Crippen molar-refractivity contribution in [1.29, 1.82) is 0 Å². The number of thiophene rings is 1. The monoisotopic (exact) mass is 823 g/mol. The van der Waals surface area contributed by atoms with Crippen LogP contribution in [0.5, 0.6) is 23.4 Å². The maximum absolute atomic E-state index is 14.1. The fourth-order valence-electron chi connectivity index (χ4n) is 6.13. The Morgan fingerprint density at radius 1 is 1.05 bits per heavy atom. The maximum Gasteiger partial charge on any atom is 0.392 e. The van der Waals surface area contributed by atoms with Gasteiger partial charge in [-0.15, -0.1) is 11.3 Å². The van der Waals surface area contributed by atoms with Crippen LogP contribution in [0, 0.1) is 12.7 Å². The molecule has 0 saturated carbocycles. The van der Waals surface area contributed by atoms with Crippen molar-refractivity contribution >= 4 is 44.8 Å². The van der Waals surface area contributed by atoms with Gasteiger partial charge in [0, 0.05) is 35.2 Å². The molecule has 2 aliphatic rings. The number of aromatic nitrogens is 4. The number of alkyl halides is 3. The molecule has 0 radical (unpaired) electrons. The molecule has 2 aliphatic heterocycles. The number of nitrogens with zero attached hydrogens (tertiary/aromatic N) is 4. The third-order valence-corrected chi connectivity index (χ3v) is 10.5. The molecule has 0 fully saturated rings. The van der Waals surface area contributed by atoms with E-state index in [1.165, 1.54) is 42.1 Å². The van der Waals surface area contributed by atoms with E-state index in [1.54, 1.807) is 37.3 Å². The summed E-state index contributed by atoms with van der Waals surface area (Å²) in [6.45, 7) is 3.53. The highest BCUT2D eigenvalue weighted by Gasteiger charge is 2.30. The fraction of sp³-hybridized carbons (Fsp3) is 0.275. The van der Waals surface area contributed by atoms with Crippen molar-refractivity contribution in [3.63, 3.8) is 0 Å². The number of hydrogen-bond donors (Lipinski definition) is 1. The van der Waals surface area contributed by atoms with Crippen molar-refractivity contribution in [2.24, 2.45) is 0 Å². The topological polar surface area (TPSA) is 127 Å². The van der Waals surface area contributed by atoms with Gasteiger partial charge in [0.05, 0.1) is 34.8 Å². The molecule has 17 heteroatoms. The first kappa shape index (κ1) is 39.5. The van der Waals surface area contributed by atoms with E-state index in [2.05, 4.69) is 25.3 Å². The van der Waals surface area contributed by atoms with Gasteiger partial charge in [0.1, 0.15) is 48.3 Å². The summed E-state index contributed by atoms with van der Waals surface area (Å²) in [6, 6.07) is 16.3. The van der Waals surface area contributed by atoms with E-state index < -0.39 is 31.3 Å². The van der Waals surface area contributed by atoms with Gasteiger partial charge in [-0.05, 0) is 73.0 Å². The quantitative estimate of drug-likeness (QED) is 0.111. The summed E-state index contributed by atoms with van der Waals surface area (Å²) in [5.41, 5.74) is 4.45. The largest absolute Gasteiger partial charge is 0.492 e. The molecular weight excluding hydrogens is 790 g/mol. The van der Waals surface area contributed by atoms with Crippen molar-refractivity contribution in [1.82, 2.24) is 19.9 Å². The summed E-state index contributed by atoms with van der Waals surface area (Å²) in [4.78, 5) is 32.2. The van der Waals surface area contributed by atoms with Crippen LogP contribution < -0.4 is 24.3 Å². The lowest BCUT2D eigenvalue weighted by Gasteiger charge is -2.20. The Balaban J connectivity index is 1.29. The van der Waals surface area contributed by atoms with E-state index in [1.807, 2.05) is 19.1 Å². The lowest BCUT2D eigenvalue weighted by atomic mass is 9.95. The van der Waals surface area contributed by atoms with Crippen LogP contribution in [0.25, 0.3) is 31.8 Å². The second kappa shape index (κ2) is 17.2. The second-order valence-electron chi connectivity index (χ2n) is 12.7. The average molecular weight is 824 g/mol. The van der Waals surface area contributed by atoms with Crippen molar-refractivity contribution < 1.29 is 46.0 Å². The van der Waals surface area contributed by atoms with Gasteiger partial charge in [-0.25, -0.2) is 24.1 Å². The minimum Gasteiger partial charge on any atom is -0.492 e. The van der Waals surface area contributed by atoms with Gasteiger partial charge in [0.15, 0.2) is 0 Å². The third kappa shape index (κ3) is 9.29. The van der Waals surface area contributed by atoms with Crippen LogP contribution in [-0.2, 0) is 22.6 Å². The molecular formula is C40H34ClF4N5O6S. The van der Waals surface area contributed by atoms with E-state index in [9.17, 15) is 22.4 Å². The van der Waals surface area contributed by atoms with E-state index in [4.69, 9.17) is 35.3 Å². The van der Waals surface area contributed by atoms with Crippen molar-refractivity contribution in [3.8, 4) is 45.0 Å². The molecule has 0 spiro atoms. The SMILES string of the molecule is CCOC(=O)[C@H]1Cc2cc(ccc2OCc2ccnc(OCCC(F)(F)F)n2)OCCNc2ccc(c(C)c2Cl)-c2c(-c3ccc(F)cc3)sc3ncnc(c23)O1. The van der Waals surface area contributed by atoms with Gasteiger partial charge >= 0.3 is 18.2 Å². The van der Waals surface area contributed by atoms with Crippen LogP contribution in [0.15, 0.2) is 73.2 Å². The molecule has 1 N–H and O–H groups in total. The molecule has 0 saturated heterocycles. The zero-order chi connectivity index (χ0) is 40.1. The number of carbonyl (C=O) groups excluding carboxylic acids is 1. The summed E-state index contributed by atoms with van der Waals surface area (Å²) in [6.07, 6.45) is -4.16. The van der Waals surface area contributed by atoms with Crippen LogP contribution in [-0.4, -0.2) is 64.6 Å². The van der Waals surface area contributed by atoms with Gasteiger partial charge < -0.3 is 29.0 Å². The number of halogens is 5. The molecule has 296 valence electrons. The van der Waals surface area contributed by atoms with Crippen LogP contribution >= 0.6 is 22.9 Å². The molecule has 4 bridgehead atoms. The first-order valence-electron chi connectivity index (χ1n) is 17.8. The van der Waals surface area contributed by atoms with Crippen LogP contribution in [0.3, 0.4) is 0 Å². The zero-order valence-corrected chi connectivity index (χ0v) is 32.1. The van der Waals surface area contributed by atoms with Crippen molar-refractivity contribution in [3.05, 3.63) is 101 Å². The summed E-state index contributed by atoms with van der Waals surface area (Å²) < 4.78 is 81.5. The Morgan fingerprint density at radius 3 is 2.67 bits per heavy atom. The van der Waals surface area contributed by atoms with Crippen molar-refractivity contribution in [2.45, 2.75) is 45.6 Å². The molecule has 6 aromatic rings. The third-order valence-electron chi connectivity index (χ3n) is 8.83. The van der Waals surface area contributed by atoms with E-state index >= 15 is 0 Å². The molecule has 3 aromatic heterocycles. The number of anilines is 1. The number of fused-ring (bicyclic) bond motifs is 7. The normalized spacial score (nSPS) is 14.3. The highest BCUT2D eigenvalue weighted by atomic mass is 35.5. The smallest absolute Gasteiger partial charge is 0.392 e. The minimum absolute atomic E-state index is 0.0614. The molecule has 0 aliphatic carbocycles. The summed E-state index contributed by atoms with van der Waals surface area (Å²) in [5, 5.41) is 4.34. The average Bonchev–Trinajstić information content (AvgIpc) is 3.57. The molecule has 11 nitrogen and oxygen atoms in total. The fourth-order valence-corrected chi connectivity index (χ4v) is 7.51. The number of esters is 1. The predicted octanol–water partition coefficient (Wildman–Crippen LogP) is 9.18. The first-order valence-corrected chi connectivity index (χ1v) is 19.0. The number of nitrogens with one attached hydrogen (secondary N) is 1. The summed E-state index contributed by atoms with van der Waals surface area (Å²) >= 11 is 8.35. The molecule has 3 aromatic carbocycles.